The quantitative estimate of drug-likeness (QED) is 0.302. The number of benzene rings is 2. The van der Waals surface area contributed by atoms with E-state index >= 15 is 0 Å². The van der Waals surface area contributed by atoms with E-state index in [0.717, 1.165) is 17.8 Å². The smallest absolute Gasteiger partial charge is 0.278 e. The van der Waals surface area contributed by atoms with Gasteiger partial charge in [-0.3, -0.25) is 9.89 Å². The van der Waals surface area contributed by atoms with Gasteiger partial charge in [-0.2, -0.15) is 36.4 Å². The number of amides is 1. The molecule has 0 atom stereocenters. The number of rotatable bonds is 4. The number of hydrogen-bond donors (Lipinski definition) is 1. The van der Waals surface area contributed by atoms with Crippen molar-refractivity contribution < 1.29 is 31.1 Å². The van der Waals surface area contributed by atoms with Crippen molar-refractivity contribution in [2.75, 3.05) is 5.75 Å². The van der Waals surface area contributed by atoms with Crippen molar-refractivity contribution in [3.63, 3.8) is 0 Å². The Morgan fingerprint density at radius 1 is 1.06 bits per heavy atom. The standard InChI is InChI=1S/C22H15F6N3OS2/c1-2-33-20-30-19(32)18(34-20)15(11-4-6-17-13(7-11)10-29-31-17)8-12-3-5-14(21(23,24)25)9-16(12)22(26,27)28/h3-7,9-10H,2,8H2,1H3,(H,29,31). The molecule has 178 valence electrons. The second-order valence-electron chi connectivity index (χ2n) is 7.24. The molecule has 1 N–H and O–H groups in total. The Labute approximate surface area is 197 Å². The minimum atomic E-state index is -5.02. The fourth-order valence-electron chi connectivity index (χ4n) is 3.47. The van der Waals surface area contributed by atoms with Crippen molar-refractivity contribution in [3.05, 3.63) is 69.8 Å². The average Bonchev–Trinajstić information content (AvgIpc) is 3.36. The number of H-pyrrole nitrogens is 1. The maximum atomic E-state index is 13.8. The summed E-state index contributed by atoms with van der Waals surface area (Å²) in [6.07, 6.45) is -8.83. The topological polar surface area (TPSA) is 58.1 Å². The SMILES string of the molecule is CCSC1=NC(=O)C(=C(Cc2ccc(C(F)(F)F)cc2C(F)(F)F)c2ccc3[nH]ncc3c2)S1. The normalized spacial score (nSPS) is 16.3. The van der Waals surface area contributed by atoms with Crippen LogP contribution in [0.15, 0.2) is 52.5 Å². The molecular weight excluding hydrogens is 500 g/mol. The predicted octanol–water partition coefficient (Wildman–Crippen LogP) is 6.94. The van der Waals surface area contributed by atoms with Gasteiger partial charge in [0.25, 0.3) is 5.91 Å². The van der Waals surface area contributed by atoms with Gasteiger partial charge in [0.1, 0.15) is 4.38 Å². The minimum absolute atomic E-state index is 0.107. The molecule has 4 nitrogen and oxygen atoms in total. The summed E-state index contributed by atoms with van der Waals surface area (Å²) in [5, 5.41) is 7.35. The van der Waals surface area contributed by atoms with Crippen LogP contribution in [-0.2, 0) is 23.6 Å². The van der Waals surface area contributed by atoms with Crippen molar-refractivity contribution in [2.45, 2.75) is 25.7 Å². The molecule has 1 aliphatic rings. The van der Waals surface area contributed by atoms with Gasteiger partial charge < -0.3 is 0 Å². The van der Waals surface area contributed by atoms with Crippen LogP contribution in [0.1, 0.15) is 29.2 Å². The lowest BCUT2D eigenvalue weighted by Crippen LogP contribution is -2.14. The Hall–Kier alpha value is -2.73. The second kappa shape index (κ2) is 9.14. The molecule has 2 heterocycles. The summed E-state index contributed by atoms with van der Waals surface area (Å²) in [7, 11) is 0. The molecule has 34 heavy (non-hydrogen) atoms. The zero-order valence-corrected chi connectivity index (χ0v) is 19.0. The van der Waals surface area contributed by atoms with Crippen molar-refractivity contribution in [2.24, 2.45) is 4.99 Å². The number of hydrogen-bond acceptors (Lipinski definition) is 4. The number of nitrogens with zero attached hydrogens (tertiary/aromatic N) is 2. The monoisotopic (exact) mass is 515 g/mol. The summed E-state index contributed by atoms with van der Waals surface area (Å²) in [4.78, 5) is 16.8. The van der Waals surface area contributed by atoms with Crippen LogP contribution in [0.2, 0.25) is 0 Å². The van der Waals surface area contributed by atoms with E-state index in [9.17, 15) is 31.1 Å². The Bertz CT molecular complexity index is 1320. The molecule has 0 radical (unpaired) electrons. The molecule has 1 amide bonds. The highest BCUT2D eigenvalue weighted by Crippen LogP contribution is 2.42. The summed E-state index contributed by atoms with van der Waals surface area (Å²) in [6.45, 7) is 1.87. The number of carbonyl (C=O) groups excluding carboxylic acids is 1. The number of aromatic nitrogens is 2. The number of halogens is 6. The number of allylic oxidation sites excluding steroid dienone is 1. The third-order valence-electron chi connectivity index (χ3n) is 5.02. The number of aliphatic imine (C=N–C) groups is 1. The molecule has 0 aliphatic carbocycles. The average molecular weight is 516 g/mol. The molecule has 12 heteroatoms. The fourth-order valence-corrected chi connectivity index (χ4v) is 5.45. The zero-order valence-electron chi connectivity index (χ0n) is 17.3. The van der Waals surface area contributed by atoms with Crippen LogP contribution in [-0.4, -0.2) is 26.2 Å². The van der Waals surface area contributed by atoms with Crippen molar-refractivity contribution in [3.8, 4) is 0 Å². The molecule has 0 spiro atoms. The first kappa shape index (κ1) is 24.4. The van der Waals surface area contributed by atoms with E-state index in [1.165, 1.54) is 18.0 Å². The molecule has 1 aromatic heterocycles. The lowest BCUT2D eigenvalue weighted by molar-refractivity contribution is -0.143. The van der Waals surface area contributed by atoms with Crippen molar-refractivity contribution in [1.82, 2.24) is 10.2 Å². The summed E-state index contributed by atoms with van der Waals surface area (Å²) in [6, 6.07) is 6.49. The van der Waals surface area contributed by atoms with Crippen LogP contribution in [0, 0.1) is 0 Å². The molecule has 4 rings (SSSR count). The van der Waals surface area contributed by atoms with E-state index in [1.54, 1.807) is 18.2 Å². The molecule has 0 bridgehead atoms. The Morgan fingerprint density at radius 2 is 1.82 bits per heavy atom. The molecule has 0 saturated carbocycles. The number of fused-ring (bicyclic) bond motifs is 1. The number of thioether (sulfide) groups is 2. The lowest BCUT2D eigenvalue weighted by atomic mass is 9.92. The molecule has 1 aliphatic heterocycles. The van der Waals surface area contributed by atoms with Gasteiger partial charge >= 0.3 is 12.4 Å². The molecule has 0 fully saturated rings. The summed E-state index contributed by atoms with van der Waals surface area (Å²) >= 11 is 2.37. The second-order valence-corrected chi connectivity index (χ2v) is 9.75. The van der Waals surface area contributed by atoms with Crippen LogP contribution in [0.3, 0.4) is 0 Å². The van der Waals surface area contributed by atoms with Gasteiger partial charge in [0, 0.05) is 5.39 Å². The van der Waals surface area contributed by atoms with Crippen molar-refractivity contribution in [1.29, 1.82) is 0 Å². The van der Waals surface area contributed by atoms with Crippen LogP contribution in [0.4, 0.5) is 26.3 Å². The summed E-state index contributed by atoms with van der Waals surface area (Å²) in [5.74, 6) is 0.0449. The van der Waals surface area contributed by atoms with E-state index in [1.807, 2.05) is 6.92 Å². The van der Waals surface area contributed by atoms with E-state index in [-0.39, 0.29) is 22.1 Å². The number of aromatic amines is 1. The van der Waals surface area contributed by atoms with E-state index in [4.69, 9.17) is 0 Å². The van der Waals surface area contributed by atoms with E-state index < -0.39 is 35.8 Å². The molecule has 0 unspecified atom stereocenters. The number of nitrogens with one attached hydrogen (secondary N) is 1. The fraction of sp³-hybridized carbons (Fsp3) is 0.227. The van der Waals surface area contributed by atoms with Crippen LogP contribution >= 0.6 is 23.5 Å². The highest BCUT2D eigenvalue weighted by atomic mass is 32.2. The molecular formula is C22H15F6N3OS2. The van der Waals surface area contributed by atoms with Gasteiger partial charge in [-0.25, -0.2) is 0 Å². The molecule has 3 aromatic rings. The lowest BCUT2D eigenvalue weighted by Gasteiger charge is -2.18. The van der Waals surface area contributed by atoms with Crippen molar-refractivity contribution >= 4 is 50.3 Å². The minimum Gasteiger partial charge on any atom is -0.278 e. The first-order valence-corrected chi connectivity index (χ1v) is 11.6. The maximum Gasteiger partial charge on any atom is 0.416 e. The van der Waals surface area contributed by atoms with Crippen LogP contribution in [0.25, 0.3) is 16.5 Å². The molecule has 0 saturated heterocycles. The zero-order chi connectivity index (χ0) is 24.7. The third kappa shape index (κ3) is 5.02. The predicted molar refractivity (Wildman–Crippen MR) is 121 cm³/mol. The van der Waals surface area contributed by atoms with Gasteiger partial charge in [-0.05, 0) is 53.1 Å². The number of alkyl halides is 6. The first-order valence-electron chi connectivity index (χ1n) is 9.85. The number of carbonyl (C=O) groups is 1. The van der Waals surface area contributed by atoms with Gasteiger partial charge in [0.15, 0.2) is 0 Å². The van der Waals surface area contributed by atoms with Gasteiger partial charge in [0.2, 0.25) is 0 Å². The Morgan fingerprint density at radius 3 is 2.50 bits per heavy atom. The van der Waals surface area contributed by atoms with Gasteiger partial charge in [-0.15, -0.1) is 0 Å². The summed E-state index contributed by atoms with van der Waals surface area (Å²) < 4.78 is 81.0. The van der Waals surface area contributed by atoms with Crippen LogP contribution in [0.5, 0.6) is 0 Å². The highest BCUT2D eigenvalue weighted by molar-refractivity contribution is 8.41. The van der Waals surface area contributed by atoms with Crippen LogP contribution < -0.4 is 0 Å². The molecule has 2 aromatic carbocycles. The Balaban J connectivity index is 1.86. The summed E-state index contributed by atoms with van der Waals surface area (Å²) in [5.41, 5.74) is -1.78. The Kier molecular flexibility index (Phi) is 6.56. The van der Waals surface area contributed by atoms with Gasteiger partial charge in [0.05, 0.1) is 27.7 Å². The maximum absolute atomic E-state index is 13.8. The third-order valence-corrected chi connectivity index (χ3v) is 7.14. The van der Waals surface area contributed by atoms with E-state index in [0.29, 0.717) is 32.7 Å². The first-order chi connectivity index (χ1) is 16.0. The highest BCUT2D eigenvalue weighted by Gasteiger charge is 2.38. The largest absolute Gasteiger partial charge is 0.416 e. The van der Waals surface area contributed by atoms with Gasteiger partial charge in [-0.1, -0.05) is 42.6 Å². The van der Waals surface area contributed by atoms with E-state index in [2.05, 4.69) is 15.2 Å².